The standard InChI is InChI=1S/C17H14ClF3N4O/c1-8-6-11-13(12(26)7-8)14(9-4-2-3-5-10(9)18)25-16(22-11)23-15(24-25)17(19,20)21/h2-5,8,14H,6-7H2,1H3,(H,22,23,24)/t8-,14-/m1/s1. The molecule has 26 heavy (non-hydrogen) atoms. The van der Waals surface area contributed by atoms with E-state index in [1.54, 1.807) is 24.3 Å². The number of alkyl halides is 3. The molecule has 0 radical (unpaired) electrons. The van der Waals surface area contributed by atoms with Crippen LogP contribution in [0.3, 0.4) is 0 Å². The van der Waals surface area contributed by atoms with Crippen molar-refractivity contribution in [3.8, 4) is 0 Å². The molecule has 136 valence electrons. The van der Waals surface area contributed by atoms with Gasteiger partial charge >= 0.3 is 6.18 Å². The Hall–Kier alpha value is -2.35. The molecule has 4 rings (SSSR count). The molecule has 0 bridgehead atoms. The Bertz CT molecular complexity index is 934. The van der Waals surface area contributed by atoms with Gasteiger partial charge in [0.25, 0.3) is 5.82 Å². The maximum absolute atomic E-state index is 13.1. The minimum atomic E-state index is -4.69. The number of hydrogen-bond donors (Lipinski definition) is 1. The maximum atomic E-state index is 13.1. The zero-order valence-electron chi connectivity index (χ0n) is 13.6. The van der Waals surface area contributed by atoms with Gasteiger partial charge < -0.3 is 5.32 Å². The number of halogens is 4. The summed E-state index contributed by atoms with van der Waals surface area (Å²) in [5.74, 6) is -1.32. The van der Waals surface area contributed by atoms with E-state index in [0.717, 1.165) is 4.68 Å². The van der Waals surface area contributed by atoms with E-state index in [1.807, 2.05) is 6.92 Å². The minimum Gasteiger partial charge on any atom is -0.328 e. The average Bonchev–Trinajstić information content (AvgIpc) is 2.97. The van der Waals surface area contributed by atoms with Crippen LogP contribution in [0, 0.1) is 5.92 Å². The summed E-state index contributed by atoms with van der Waals surface area (Å²) >= 11 is 6.29. The van der Waals surface area contributed by atoms with Crippen molar-refractivity contribution in [3.05, 3.63) is 51.9 Å². The Morgan fingerprint density at radius 3 is 2.69 bits per heavy atom. The number of aromatic nitrogens is 3. The number of nitrogens with zero attached hydrogens (tertiary/aromatic N) is 3. The SMILES string of the molecule is C[C@H]1CC(=O)C2=C(C1)Nc1nc(C(F)(F)F)nn1[C@@H]2c1ccccc1Cl. The molecule has 2 heterocycles. The van der Waals surface area contributed by atoms with Crippen molar-refractivity contribution >= 4 is 23.3 Å². The molecular formula is C17H14ClF3N4O. The number of rotatable bonds is 1. The van der Waals surface area contributed by atoms with E-state index in [-0.39, 0.29) is 17.6 Å². The highest BCUT2D eigenvalue weighted by molar-refractivity contribution is 6.31. The first kappa shape index (κ1) is 17.1. The number of anilines is 1. The first-order chi connectivity index (χ1) is 12.3. The van der Waals surface area contributed by atoms with E-state index < -0.39 is 18.0 Å². The summed E-state index contributed by atoms with van der Waals surface area (Å²) in [6, 6.07) is 5.93. The van der Waals surface area contributed by atoms with Crippen LogP contribution in [-0.4, -0.2) is 20.5 Å². The summed E-state index contributed by atoms with van der Waals surface area (Å²) in [5.41, 5.74) is 1.51. The molecule has 5 nitrogen and oxygen atoms in total. The lowest BCUT2D eigenvalue weighted by molar-refractivity contribution is -0.145. The zero-order valence-corrected chi connectivity index (χ0v) is 14.4. The third kappa shape index (κ3) is 2.68. The lowest BCUT2D eigenvalue weighted by atomic mass is 9.81. The molecule has 1 aliphatic carbocycles. The summed E-state index contributed by atoms with van der Waals surface area (Å²) < 4.78 is 40.5. The van der Waals surface area contributed by atoms with Gasteiger partial charge in [-0.3, -0.25) is 4.79 Å². The van der Waals surface area contributed by atoms with Crippen molar-refractivity contribution in [3.63, 3.8) is 0 Å². The second-order valence-corrected chi connectivity index (χ2v) is 6.99. The van der Waals surface area contributed by atoms with Gasteiger partial charge in [-0.25, -0.2) is 4.68 Å². The Balaban J connectivity index is 1.94. The van der Waals surface area contributed by atoms with Crippen LogP contribution in [0.1, 0.15) is 37.2 Å². The van der Waals surface area contributed by atoms with Gasteiger partial charge in [-0.15, -0.1) is 5.10 Å². The lowest BCUT2D eigenvalue weighted by Gasteiger charge is -2.34. The van der Waals surface area contributed by atoms with Gasteiger partial charge in [0.2, 0.25) is 5.95 Å². The highest BCUT2D eigenvalue weighted by atomic mass is 35.5. The van der Waals surface area contributed by atoms with Crippen LogP contribution in [-0.2, 0) is 11.0 Å². The molecule has 0 unspecified atom stereocenters. The van der Waals surface area contributed by atoms with E-state index in [1.165, 1.54) is 0 Å². The van der Waals surface area contributed by atoms with Crippen LogP contribution in [0.2, 0.25) is 5.02 Å². The van der Waals surface area contributed by atoms with E-state index in [9.17, 15) is 18.0 Å². The van der Waals surface area contributed by atoms with Crippen LogP contribution < -0.4 is 5.32 Å². The van der Waals surface area contributed by atoms with Crippen LogP contribution in [0.25, 0.3) is 0 Å². The molecule has 2 atom stereocenters. The quantitative estimate of drug-likeness (QED) is 0.802. The summed E-state index contributed by atoms with van der Waals surface area (Å²) in [6.45, 7) is 1.92. The summed E-state index contributed by atoms with van der Waals surface area (Å²) in [6.07, 6.45) is -3.80. The maximum Gasteiger partial charge on any atom is 0.453 e. The molecule has 0 saturated carbocycles. The zero-order chi connectivity index (χ0) is 18.6. The van der Waals surface area contributed by atoms with Crippen LogP contribution in [0.15, 0.2) is 35.5 Å². The second-order valence-electron chi connectivity index (χ2n) is 6.58. The van der Waals surface area contributed by atoms with Crippen molar-refractivity contribution in [2.75, 3.05) is 5.32 Å². The van der Waals surface area contributed by atoms with Crippen molar-refractivity contribution < 1.29 is 18.0 Å². The predicted octanol–water partition coefficient (Wildman–Crippen LogP) is 4.22. The largest absolute Gasteiger partial charge is 0.453 e. The molecule has 1 aromatic carbocycles. The third-order valence-electron chi connectivity index (χ3n) is 4.58. The molecule has 2 aliphatic rings. The molecule has 0 fully saturated rings. The van der Waals surface area contributed by atoms with E-state index in [4.69, 9.17) is 11.6 Å². The van der Waals surface area contributed by atoms with E-state index in [2.05, 4.69) is 15.4 Å². The van der Waals surface area contributed by atoms with Crippen LogP contribution in [0.5, 0.6) is 0 Å². The van der Waals surface area contributed by atoms with Gasteiger partial charge in [-0.1, -0.05) is 36.7 Å². The number of fused-ring (bicyclic) bond motifs is 1. The number of Topliss-reactive ketones (excluding diaryl/α,β-unsaturated/α-hetero) is 1. The Morgan fingerprint density at radius 2 is 2.00 bits per heavy atom. The topological polar surface area (TPSA) is 59.8 Å². The highest BCUT2D eigenvalue weighted by Gasteiger charge is 2.43. The Kier molecular flexibility index (Phi) is 3.83. The van der Waals surface area contributed by atoms with Crippen LogP contribution >= 0.6 is 11.6 Å². The van der Waals surface area contributed by atoms with E-state index >= 15 is 0 Å². The fourth-order valence-corrected chi connectivity index (χ4v) is 3.75. The molecular weight excluding hydrogens is 369 g/mol. The van der Waals surface area contributed by atoms with Crippen molar-refractivity contribution in [1.82, 2.24) is 14.8 Å². The molecule has 1 N–H and O–H groups in total. The minimum absolute atomic E-state index is 0.0390. The van der Waals surface area contributed by atoms with Crippen molar-refractivity contribution in [1.29, 1.82) is 0 Å². The van der Waals surface area contributed by atoms with Gasteiger partial charge in [0.1, 0.15) is 6.04 Å². The Morgan fingerprint density at radius 1 is 1.27 bits per heavy atom. The monoisotopic (exact) mass is 382 g/mol. The number of allylic oxidation sites excluding steroid dienone is 2. The normalized spacial score (nSPS) is 22.7. The summed E-state index contributed by atoms with van der Waals surface area (Å²) in [7, 11) is 0. The first-order valence-corrected chi connectivity index (χ1v) is 8.45. The van der Waals surface area contributed by atoms with Gasteiger partial charge in [0, 0.05) is 28.3 Å². The molecule has 2 aromatic rings. The molecule has 9 heteroatoms. The number of nitrogens with one attached hydrogen (secondary N) is 1. The van der Waals surface area contributed by atoms with Gasteiger partial charge in [0.15, 0.2) is 5.78 Å². The van der Waals surface area contributed by atoms with Crippen molar-refractivity contribution in [2.24, 2.45) is 5.92 Å². The Labute approximate surface area is 151 Å². The van der Waals surface area contributed by atoms with Crippen LogP contribution in [0.4, 0.5) is 19.1 Å². The summed E-state index contributed by atoms with van der Waals surface area (Å²) in [5, 5.41) is 6.87. The molecule has 0 spiro atoms. The number of carbonyl (C=O) groups excluding carboxylic acids is 1. The highest BCUT2D eigenvalue weighted by Crippen LogP contribution is 2.43. The third-order valence-corrected chi connectivity index (χ3v) is 4.92. The van der Waals surface area contributed by atoms with E-state index in [0.29, 0.717) is 34.7 Å². The number of carbonyl (C=O) groups is 1. The van der Waals surface area contributed by atoms with Gasteiger partial charge in [-0.05, 0) is 18.4 Å². The second kappa shape index (κ2) is 5.84. The smallest absolute Gasteiger partial charge is 0.328 e. The fourth-order valence-electron chi connectivity index (χ4n) is 3.51. The van der Waals surface area contributed by atoms with Gasteiger partial charge in [0.05, 0.1) is 0 Å². The number of benzene rings is 1. The molecule has 0 amide bonds. The molecule has 1 aliphatic heterocycles. The molecule has 1 aromatic heterocycles. The predicted molar refractivity (Wildman–Crippen MR) is 88.7 cm³/mol. The fraction of sp³-hybridized carbons (Fsp3) is 0.353. The summed E-state index contributed by atoms with van der Waals surface area (Å²) in [4.78, 5) is 16.3. The number of hydrogen-bond acceptors (Lipinski definition) is 4. The lowest BCUT2D eigenvalue weighted by Crippen LogP contribution is -2.33. The average molecular weight is 383 g/mol. The first-order valence-electron chi connectivity index (χ1n) is 8.07. The molecule has 0 saturated heterocycles. The van der Waals surface area contributed by atoms with Crippen molar-refractivity contribution in [2.45, 2.75) is 32.0 Å². The van der Waals surface area contributed by atoms with Gasteiger partial charge in [-0.2, -0.15) is 18.2 Å². The number of ketones is 1.